The summed E-state index contributed by atoms with van der Waals surface area (Å²) in [7, 11) is 0. The van der Waals surface area contributed by atoms with E-state index in [4.69, 9.17) is 4.74 Å². The van der Waals surface area contributed by atoms with Gasteiger partial charge in [0.1, 0.15) is 18.4 Å². The van der Waals surface area contributed by atoms with Crippen LogP contribution in [-0.4, -0.2) is 93.1 Å². The summed E-state index contributed by atoms with van der Waals surface area (Å²) in [5.41, 5.74) is 0.287. The van der Waals surface area contributed by atoms with E-state index >= 15 is 0 Å². The van der Waals surface area contributed by atoms with E-state index in [-0.39, 0.29) is 42.1 Å². The molecule has 0 spiro atoms. The van der Waals surface area contributed by atoms with Crippen molar-refractivity contribution in [2.45, 2.75) is 64.8 Å². The zero-order chi connectivity index (χ0) is 34.3. The number of piperidine rings is 1. The van der Waals surface area contributed by atoms with Crippen molar-refractivity contribution in [3.8, 4) is 11.7 Å². The lowest BCUT2D eigenvalue weighted by atomic mass is 9.94. The molecule has 3 N–H and O–H groups in total. The topological polar surface area (TPSA) is 165 Å². The number of ether oxygens (including phenoxy) is 1. The number of carbonyl (C=O) groups is 5. The molecule has 0 radical (unpaired) electrons. The number of carbonyl (C=O) groups excluding carboxylic acids is 5. The van der Waals surface area contributed by atoms with E-state index in [0.29, 0.717) is 18.7 Å². The van der Waals surface area contributed by atoms with Gasteiger partial charge < -0.3 is 25.6 Å². The second kappa shape index (κ2) is 13.0. The van der Waals surface area contributed by atoms with Gasteiger partial charge in [-0.2, -0.15) is 27.9 Å². The van der Waals surface area contributed by atoms with Crippen LogP contribution in [0.2, 0.25) is 0 Å². The minimum atomic E-state index is -5.20. The van der Waals surface area contributed by atoms with Crippen LogP contribution in [0, 0.1) is 29.1 Å². The largest absolute Gasteiger partial charge is 0.471 e. The molecule has 0 bridgehead atoms. The highest BCUT2D eigenvalue weighted by Crippen LogP contribution is 2.65. The van der Waals surface area contributed by atoms with Crippen LogP contribution in [0.5, 0.6) is 6.01 Å². The first-order valence-corrected chi connectivity index (χ1v) is 15.5. The Morgan fingerprint density at radius 3 is 2.45 bits per heavy atom. The van der Waals surface area contributed by atoms with Gasteiger partial charge in [0, 0.05) is 19.0 Å². The molecular weight excluding hydrogens is 623 g/mol. The number of hydrogen-bond acceptors (Lipinski definition) is 8. The molecule has 16 heteroatoms. The van der Waals surface area contributed by atoms with Crippen molar-refractivity contribution in [3.63, 3.8) is 0 Å². The number of ketones is 1. The molecule has 2 aromatic rings. The van der Waals surface area contributed by atoms with Gasteiger partial charge in [-0.3, -0.25) is 24.0 Å². The van der Waals surface area contributed by atoms with Crippen LogP contribution in [-0.2, 0) is 24.0 Å². The number of halogens is 3. The molecule has 1 aromatic heterocycles. The van der Waals surface area contributed by atoms with Gasteiger partial charge in [-0.05, 0) is 48.1 Å². The Labute approximate surface area is 269 Å². The van der Waals surface area contributed by atoms with Gasteiger partial charge in [-0.1, -0.05) is 45.9 Å². The second-order valence-electron chi connectivity index (χ2n) is 13.2. The summed E-state index contributed by atoms with van der Waals surface area (Å²) in [6.45, 7) is 6.84. The SMILES string of the molecule is CC(C)[C@H](NC(=O)C(F)(F)F)C(=O)N1C[C@H]2[C@@H]([C@H]1C(=O)N[C@@H](C[C@@H]1CCNC1=O)C(=O)COc1ncnn1-c1ccccc1)C2(C)C. The number of nitrogens with one attached hydrogen (secondary N) is 3. The molecule has 6 atom stereocenters. The quantitative estimate of drug-likeness (QED) is 0.307. The molecule has 13 nitrogen and oxygen atoms in total. The number of hydrogen-bond donors (Lipinski definition) is 3. The standard InChI is InChI=1S/C31H38F3N7O6/c1-16(2)23(39-28(46)31(32,33)34)27(45)40-13-19-22(30(19,3)4)24(40)26(44)38-20(12-17-10-11-35-25(17)43)21(42)14-47-29-36-15-37-41(29)18-8-6-5-7-9-18/h5-9,15-17,19-20,22-24H,10-14H2,1-4H3,(H,35,43)(H,38,44)(H,39,46)/t17-,19-,20-,22-,23-,24-/m0/s1. The van der Waals surface area contributed by atoms with E-state index in [2.05, 4.69) is 20.7 Å². The van der Waals surface area contributed by atoms with Crippen molar-refractivity contribution < 1.29 is 41.9 Å². The highest BCUT2D eigenvalue weighted by molar-refractivity contribution is 5.97. The van der Waals surface area contributed by atoms with Crippen molar-refractivity contribution in [2.24, 2.45) is 29.1 Å². The summed E-state index contributed by atoms with van der Waals surface area (Å²) in [4.78, 5) is 70.8. The molecule has 4 amide bonds. The molecule has 3 aliphatic rings. The smallest absolute Gasteiger partial charge is 0.455 e. The van der Waals surface area contributed by atoms with Crippen LogP contribution >= 0.6 is 0 Å². The Balaban J connectivity index is 1.35. The minimum Gasteiger partial charge on any atom is -0.455 e. The molecule has 0 unspecified atom stereocenters. The van der Waals surface area contributed by atoms with Crippen LogP contribution in [0.4, 0.5) is 13.2 Å². The lowest BCUT2D eigenvalue weighted by Gasteiger charge is -2.35. The molecular formula is C31H38F3N7O6. The zero-order valence-corrected chi connectivity index (χ0v) is 26.4. The Kier molecular flexibility index (Phi) is 9.33. The van der Waals surface area contributed by atoms with Crippen LogP contribution in [0.1, 0.15) is 40.5 Å². The lowest BCUT2D eigenvalue weighted by Crippen LogP contribution is -2.59. The molecule has 1 saturated carbocycles. The van der Waals surface area contributed by atoms with E-state index in [0.717, 1.165) is 0 Å². The number of likely N-dealkylation sites (tertiary alicyclic amines) is 1. The molecule has 254 valence electrons. The number of fused-ring (bicyclic) bond motifs is 1. The highest BCUT2D eigenvalue weighted by atomic mass is 19.4. The van der Waals surface area contributed by atoms with Gasteiger partial charge in [0.15, 0.2) is 12.4 Å². The highest BCUT2D eigenvalue weighted by Gasteiger charge is 2.69. The first kappa shape index (κ1) is 33.9. The van der Waals surface area contributed by atoms with Gasteiger partial charge in [-0.15, -0.1) is 0 Å². The summed E-state index contributed by atoms with van der Waals surface area (Å²) < 4.78 is 46.4. The molecule has 5 rings (SSSR count). The normalized spacial score (nSPS) is 24.3. The Morgan fingerprint density at radius 1 is 1.13 bits per heavy atom. The molecule has 1 aliphatic carbocycles. The van der Waals surface area contributed by atoms with E-state index in [1.807, 2.05) is 19.9 Å². The summed E-state index contributed by atoms with van der Waals surface area (Å²) in [5, 5.41) is 11.4. The number of benzene rings is 1. The number of aromatic nitrogens is 3. The average molecular weight is 662 g/mol. The van der Waals surface area contributed by atoms with E-state index in [1.165, 1.54) is 29.8 Å². The first-order chi connectivity index (χ1) is 22.1. The molecule has 3 fully saturated rings. The Hall–Kier alpha value is -4.50. The summed E-state index contributed by atoms with van der Waals surface area (Å²) >= 11 is 0. The monoisotopic (exact) mass is 661 g/mol. The zero-order valence-electron chi connectivity index (χ0n) is 26.4. The molecule has 47 heavy (non-hydrogen) atoms. The second-order valence-corrected chi connectivity index (χ2v) is 13.2. The van der Waals surface area contributed by atoms with E-state index in [9.17, 15) is 37.1 Å². The summed E-state index contributed by atoms with van der Waals surface area (Å²) in [6.07, 6.45) is -3.52. The number of nitrogens with zero attached hydrogens (tertiary/aromatic N) is 4. The van der Waals surface area contributed by atoms with Gasteiger partial charge in [0.25, 0.3) is 0 Å². The van der Waals surface area contributed by atoms with Gasteiger partial charge in [0.05, 0.1) is 11.7 Å². The number of alkyl halides is 3. The van der Waals surface area contributed by atoms with Crippen LogP contribution < -0.4 is 20.7 Å². The average Bonchev–Trinajstić information content (AvgIpc) is 3.55. The predicted molar refractivity (Wildman–Crippen MR) is 159 cm³/mol. The molecule has 2 saturated heterocycles. The Morgan fingerprint density at radius 2 is 1.83 bits per heavy atom. The molecule has 3 heterocycles. The first-order valence-electron chi connectivity index (χ1n) is 15.5. The maximum absolute atomic E-state index is 14.0. The van der Waals surface area contributed by atoms with Crippen molar-refractivity contribution in [1.82, 2.24) is 35.6 Å². The fraction of sp³-hybridized carbons (Fsp3) is 0.581. The maximum Gasteiger partial charge on any atom is 0.471 e. The van der Waals surface area contributed by atoms with Gasteiger partial charge in [0.2, 0.25) is 17.7 Å². The summed E-state index contributed by atoms with van der Waals surface area (Å²) in [6, 6.07) is 5.15. The van der Waals surface area contributed by atoms with Gasteiger partial charge in [-0.25, -0.2) is 0 Å². The van der Waals surface area contributed by atoms with Crippen molar-refractivity contribution in [1.29, 1.82) is 0 Å². The number of para-hydroxylation sites is 1. The van der Waals surface area contributed by atoms with Gasteiger partial charge >= 0.3 is 18.1 Å². The van der Waals surface area contributed by atoms with Crippen LogP contribution in [0.3, 0.4) is 0 Å². The van der Waals surface area contributed by atoms with Crippen molar-refractivity contribution >= 4 is 29.4 Å². The van der Waals surface area contributed by atoms with Crippen LogP contribution in [0.15, 0.2) is 36.7 Å². The lowest BCUT2D eigenvalue weighted by molar-refractivity contribution is -0.175. The number of rotatable bonds is 12. The van der Waals surface area contributed by atoms with Crippen molar-refractivity contribution in [3.05, 3.63) is 36.7 Å². The molecule has 1 aromatic carbocycles. The number of amides is 4. The summed E-state index contributed by atoms with van der Waals surface area (Å²) in [5.74, 6) is -6.28. The van der Waals surface area contributed by atoms with Crippen molar-refractivity contribution in [2.75, 3.05) is 19.7 Å². The number of Topliss-reactive ketones (excluding diaryl/α,β-unsaturated/α-hetero) is 1. The van der Waals surface area contributed by atoms with E-state index < -0.39 is 66.2 Å². The third-order valence-corrected chi connectivity index (χ3v) is 9.49. The molecule has 2 aliphatic heterocycles. The minimum absolute atomic E-state index is 0.0282. The predicted octanol–water partition coefficient (Wildman–Crippen LogP) is 1.41. The van der Waals surface area contributed by atoms with E-state index in [1.54, 1.807) is 29.6 Å². The third kappa shape index (κ3) is 6.95. The fourth-order valence-electron chi connectivity index (χ4n) is 6.72. The Bertz CT molecular complexity index is 1530. The maximum atomic E-state index is 14.0. The third-order valence-electron chi connectivity index (χ3n) is 9.49. The van der Waals surface area contributed by atoms with Crippen LogP contribution in [0.25, 0.3) is 5.69 Å². The fourth-order valence-corrected chi connectivity index (χ4v) is 6.72.